The summed E-state index contributed by atoms with van der Waals surface area (Å²) in [5.41, 5.74) is 0.860. The van der Waals surface area contributed by atoms with Crippen LogP contribution in [-0.4, -0.2) is 42.6 Å². The van der Waals surface area contributed by atoms with E-state index in [4.69, 9.17) is 9.47 Å². The Balaban J connectivity index is 1.53. The lowest BCUT2D eigenvalue weighted by Gasteiger charge is -2.39. The van der Waals surface area contributed by atoms with E-state index in [1.807, 2.05) is 4.90 Å². The molecule has 2 bridgehead atoms. The third kappa shape index (κ3) is 4.86. The molecule has 1 aromatic rings. The van der Waals surface area contributed by atoms with Crippen molar-refractivity contribution in [2.24, 2.45) is 16.7 Å². The maximum absolute atomic E-state index is 12.7. The molecular weight excluding hydrogens is 354 g/mol. The van der Waals surface area contributed by atoms with Gasteiger partial charge in [-0.15, -0.1) is 0 Å². The number of fused-ring (bicyclic) bond motifs is 2. The molecule has 3 rings (SSSR count). The maximum Gasteiger partial charge on any atom is 0.338 e. The van der Waals surface area contributed by atoms with Crippen molar-refractivity contribution in [1.82, 2.24) is 4.90 Å². The lowest BCUT2D eigenvalue weighted by molar-refractivity contribution is -0.135. The minimum atomic E-state index is -0.475. The van der Waals surface area contributed by atoms with Gasteiger partial charge in [-0.2, -0.15) is 0 Å². The van der Waals surface area contributed by atoms with Gasteiger partial charge < -0.3 is 14.4 Å². The van der Waals surface area contributed by atoms with E-state index in [2.05, 4.69) is 34.6 Å². The molecule has 5 nitrogen and oxygen atoms in total. The molecule has 0 N–H and O–H groups in total. The van der Waals surface area contributed by atoms with E-state index in [0.717, 1.165) is 31.6 Å². The number of likely N-dealkylation sites (tertiary alicyclic amines) is 1. The van der Waals surface area contributed by atoms with Crippen molar-refractivity contribution in [3.05, 3.63) is 29.8 Å². The molecule has 1 heterocycles. The quantitative estimate of drug-likeness (QED) is 0.683. The first-order valence-corrected chi connectivity index (χ1v) is 10.3. The molecule has 1 saturated carbocycles. The van der Waals surface area contributed by atoms with Gasteiger partial charge >= 0.3 is 5.97 Å². The lowest BCUT2D eigenvalue weighted by atomic mass is 9.65. The molecule has 2 fully saturated rings. The number of amides is 1. The van der Waals surface area contributed by atoms with Crippen LogP contribution in [0.4, 0.5) is 0 Å². The zero-order valence-corrected chi connectivity index (χ0v) is 17.8. The standard InChI is InChI=1S/C23H33NO4/c1-16(2)12-27-19-8-6-17(7-9-19)21(26)28-13-20(25)24-15-23(5)11-18(24)10-22(3,4)14-23/h6-9,16,18H,10-15H2,1-5H3/t18-,23-/m1/s1. The van der Waals surface area contributed by atoms with Crippen molar-refractivity contribution in [3.8, 4) is 5.75 Å². The first kappa shape index (κ1) is 20.7. The van der Waals surface area contributed by atoms with Gasteiger partial charge in [-0.1, -0.05) is 34.6 Å². The topological polar surface area (TPSA) is 55.8 Å². The van der Waals surface area contributed by atoms with Gasteiger partial charge in [0.2, 0.25) is 0 Å². The molecular formula is C23H33NO4. The Morgan fingerprint density at radius 2 is 1.82 bits per heavy atom. The van der Waals surface area contributed by atoms with Gasteiger partial charge in [-0.25, -0.2) is 4.79 Å². The van der Waals surface area contributed by atoms with E-state index >= 15 is 0 Å². The van der Waals surface area contributed by atoms with Gasteiger partial charge in [0.25, 0.3) is 5.91 Å². The zero-order valence-electron chi connectivity index (χ0n) is 17.8. The van der Waals surface area contributed by atoms with Crippen molar-refractivity contribution in [2.45, 2.75) is 59.9 Å². The van der Waals surface area contributed by atoms with Crippen molar-refractivity contribution in [3.63, 3.8) is 0 Å². The van der Waals surface area contributed by atoms with Gasteiger partial charge in [0, 0.05) is 12.6 Å². The molecule has 0 spiro atoms. The van der Waals surface area contributed by atoms with Gasteiger partial charge in [0.1, 0.15) is 5.75 Å². The van der Waals surface area contributed by atoms with Gasteiger partial charge in [-0.05, 0) is 60.3 Å². The number of rotatable bonds is 6. The van der Waals surface area contributed by atoms with Crippen LogP contribution >= 0.6 is 0 Å². The van der Waals surface area contributed by atoms with Crippen LogP contribution in [0.1, 0.15) is 64.2 Å². The number of carbonyl (C=O) groups excluding carboxylic acids is 2. The molecule has 0 aromatic heterocycles. The minimum absolute atomic E-state index is 0.0864. The van der Waals surface area contributed by atoms with Crippen LogP contribution in [0.25, 0.3) is 0 Å². The Morgan fingerprint density at radius 3 is 2.46 bits per heavy atom. The summed E-state index contributed by atoms with van der Waals surface area (Å²) in [5, 5.41) is 0. The van der Waals surface area contributed by atoms with Crippen molar-refractivity contribution >= 4 is 11.9 Å². The van der Waals surface area contributed by atoms with E-state index in [0.29, 0.717) is 18.1 Å². The largest absolute Gasteiger partial charge is 0.493 e. The third-order valence-corrected chi connectivity index (χ3v) is 5.74. The van der Waals surface area contributed by atoms with E-state index in [-0.39, 0.29) is 29.4 Å². The first-order chi connectivity index (χ1) is 13.1. The molecule has 1 aliphatic carbocycles. The highest BCUT2D eigenvalue weighted by Crippen LogP contribution is 2.52. The summed E-state index contributed by atoms with van der Waals surface area (Å²) < 4.78 is 10.9. The number of benzene rings is 1. The van der Waals surface area contributed by atoms with Crippen LogP contribution in [0.2, 0.25) is 0 Å². The Hall–Kier alpha value is -2.04. The molecule has 2 aliphatic rings. The Morgan fingerprint density at radius 1 is 1.14 bits per heavy atom. The monoisotopic (exact) mass is 387 g/mol. The SMILES string of the molecule is CC(C)COc1ccc(C(=O)OCC(=O)N2C[C@]3(C)C[C@H]2CC(C)(C)C3)cc1. The fourth-order valence-electron chi connectivity index (χ4n) is 5.00. The van der Waals surface area contributed by atoms with Crippen LogP contribution in [-0.2, 0) is 9.53 Å². The van der Waals surface area contributed by atoms with Crippen molar-refractivity contribution < 1.29 is 19.1 Å². The third-order valence-electron chi connectivity index (χ3n) is 5.74. The molecule has 154 valence electrons. The second kappa shape index (κ2) is 7.76. The number of carbonyl (C=O) groups is 2. The van der Waals surface area contributed by atoms with Crippen LogP contribution in [0, 0.1) is 16.7 Å². The molecule has 5 heteroatoms. The Labute approximate surface area is 168 Å². The summed E-state index contributed by atoms with van der Waals surface area (Å²) in [7, 11) is 0. The van der Waals surface area contributed by atoms with Gasteiger partial charge in [-0.3, -0.25) is 4.79 Å². The highest BCUT2D eigenvalue weighted by molar-refractivity contribution is 5.91. The zero-order chi connectivity index (χ0) is 20.5. The molecule has 0 radical (unpaired) electrons. The predicted octanol–water partition coefficient (Wildman–Crippen LogP) is 4.31. The van der Waals surface area contributed by atoms with Crippen LogP contribution in [0.3, 0.4) is 0 Å². The van der Waals surface area contributed by atoms with E-state index in [9.17, 15) is 9.59 Å². The van der Waals surface area contributed by atoms with Crippen LogP contribution < -0.4 is 4.74 Å². The molecule has 28 heavy (non-hydrogen) atoms. The molecule has 1 amide bonds. The average Bonchev–Trinajstić information content (AvgIpc) is 2.86. The Bertz CT molecular complexity index is 725. The molecule has 0 unspecified atom stereocenters. The molecule has 1 aromatic carbocycles. The lowest BCUT2D eigenvalue weighted by Crippen LogP contribution is -2.39. The van der Waals surface area contributed by atoms with Gasteiger partial charge in [0.15, 0.2) is 6.61 Å². The summed E-state index contributed by atoms with van der Waals surface area (Å²) in [6.07, 6.45) is 3.19. The van der Waals surface area contributed by atoms with Crippen LogP contribution in [0.15, 0.2) is 24.3 Å². The maximum atomic E-state index is 12.7. The highest BCUT2D eigenvalue weighted by Gasteiger charge is 2.50. The predicted molar refractivity (Wildman–Crippen MR) is 108 cm³/mol. The van der Waals surface area contributed by atoms with E-state index in [1.54, 1.807) is 24.3 Å². The average molecular weight is 388 g/mol. The second-order valence-electron chi connectivity index (χ2n) is 10.0. The number of hydrogen-bond donors (Lipinski definition) is 0. The van der Waals surface area contributed by atoms with E-state index < -0.39 is 5.97 Å². The number of nitrogens with zero attached hydrogens (tertiary/aromatic N) is 1. The fourth-order valence-corrected chi connectivity index (χ4v) is 5.00. The summed E-state index contributed by atoms with van der Waals surface area (Å²) in [4.78, 5) is 26.9. The number of ether oxygens (including phenoxy) is 2. The number of esters is 1. The summed E-state index contributed by atoms with van der Waals surface area (Å²) in [5.74, 6) is 0.601. The van der Waals surface area contributed by atoms with Gasteiger partial charge in [0.05, 0.1) is 12.2 Å². The number of hydrogen-bond acceptors (Lipinski definition) is 4. The van der Waals surface area contributed by atoms with E-state index in [1.165, 1.54) is 0 Å². The first-order valence-electron chi connectivity index (χ1n) is 10.3. The smallest absolute Gasteiger partial charge is 0.338 e. The van der Waals surface area contributed by atoms with Crippen molar-refractivity contribution in [1.29, 1.82) is 0 Å². The molecule has 1 aliphatic heterocycles. The molecule has 1 saturated heterocycles. The van der Waals surface area contributed by atoms with Crippen molar-refractivity contribution in [2.75, 3.05) is 19.8 Å². The molecule has 2 atom stereocenters. The summed E-state index contributed by atoms with van der Waals surface area (Å²) in [6.45, 7) is 12.2. The normalized spacial score (nSPS) is 25.6. The second-order valence-corrected chi connectivity index (χ2v) is 10.0. The minimum Gasteiger partial charge on any atom is -0.493 e. The summed E-state index contributed by atoms with van der Waals surface area (Å²) in [6, 6.07) is 7.13. The van der Waals surface area contributed by atoms with Crippen LogP contribution in [0.5, 0.6) is 5.75 Å². The Kier molecular flexibility index (Phi) is 5.74. The summed E-state index contributed by atoms with van der Waals surface area (Å²) >= 11 is 0. The highest BCUT2D eigenvalue weighted by atomic mass is 16.5. The fraction of sp³-hybridized carbons (Fsp3) is 0.652.